The average Bonchev–Trinajstić information content (AvgIpc) is 3.31. The summed E-state index contributed by atoms with van der Waals surface area (Å²) in [7, 11) is 0. The molecule has 2 fully saturated rings. The first-order valence-electron chi connectivity index (χ1n) is 8.59. The van der Waals surface area contributed by atoms with Crippen molar-refractivity contribution in [1.82, 2.24) is 24.8 Å². The van der Waals surface area contributed by atoms with Crippen LogP contribution in [0.25, 0.3) is 5.65 Å². The van der Waals surface area contributed by atoms with Gasteiger partial charge in [-0.15, -0.1) is 10.2 Å². The van der Waals surface area contributed by atoms with Gasteiger partial charge in [-0.3, -0.25) is 9.20 Å². The van der Waals surface area contributed by atoms with Crippen molar-refractivity contribution < 1.29 is 4.79 Å². The van der Waals surface area contributed by atoms with Crippen LogP contribution in [0.4, 0.5) is 0 Å². The summed E-state index contributed by atoms with van der Waals surface area (Å²) >= 11 is 0. The SMILES string of the molecule is O=C(CNCC1CC1)N1CCCC(c2nnc3ccccn23)C1. The van der Waals surface area contributed by atoms with E-state index in [1.54, 1.807) is 0 Å². The molecule has 1 aliphatic carbocycles. The van der Waals surface area contributed by atoms with E-state index in [0.29, 0.717) is 6.54 Å². The molecule has 2 aromatic rings. The largest absolute Gasteiger partial charge is 0.341 e. The Balaban J connectivity index is 1.40. The predicted molar refractivity (Wildman–Crippen MR) is 87.1 cm³/mol. The first-order chi connectivity index (χ1) is 11.3. The third kappa shape index (κ3) is 3.22. The van der Waals surface area contributed by atoms with Gasteiger partial charge in [-0.2, -0.15) is 0 Å². The van der Waals surface area contributed by atoms with E-state index in [-0.39, 0.29) is 11.8 Å². The Morgan fingerprint density at radius 3 is 3.04 bits per heavy atom. The summed E-state index contributed by atoms with van der Waals surface area (Å²) in [5.41, 5.74) is 0.872. The van der Waals surface area contributed by atoms with Crippen molar-refractivity contribution in [2.24, 2.45) is 5.92 Å². The highest BCUT2D eigenvalue weighted by atomic mass is 16.2. The number of amides is 1. The number of nitrogens with one attached hydrogen (secondary N) is 1. The van der Waals surface area contributed by atoms with E-state index in [4.69, 9.17) is 0 Å². The van der Waals surface area contributed by atoms with Gasteiger partial charge in [-0.25, -0.2) is 0 Å². The molecule has 6 nitrogen and oxygen atoms in total. The fourth-order valence-corrected chi connectivity index (χ4v) is 3.37. The summed E-state index contributed by atoms with van der Waals surface area (Å²) in [5, 5.41) is 11.9. The van der Waals surface area contributed by atoms with E-state index >= 15 is 0 Å². The summed E-state index contributed by atoms with van der Waals surface area (Å²) in [6, 6.07) is 5.92. The number of nitrogens with zero attached hydrogens (tertiary/aromatic N) is 4. The van der Waals surface area contributed by atoms with Gasteiger partial charge in [0.1, 0.15) is 5.82 Å². The standard InChI is InChI=1S/C17H23N5O/c23-16(11-18-10-13-6-7-13)21-8-3-4-14(12-21)17-20-19-15-5-1-2-9-22(15)17/h1-2,5,9,13-14,18H,3-4,6-8,10-12H2. The highest BCUT2D eigenvalue weighted by Gasteiger charge is 2.28. The third-order valence-electron chi connectivity index (χ3n) is 4.89. The number of hydrogen-bond donors (Lipinski definition) is 1. The third-order valence-corrected chi connectivity index (χ3v) is 4.89. The number of fused-ring (bicyclic) bond motifs is 1. The van der Waals surface area contributed by atoms with Crippen molar-refractivity contribution in [1.29, 1.82) is 0 Å². The van der Waals surface area contributed by atoms with Gasteiger partial charge in [0.05, 0.1) is 6.54 Å². The predicted octanol–water partition coefficient (Wildman–Crippen LogP) is 1.43. The lowest BCUT2D eigenvalue weighted by molar-refractivity contribution is -0.131. The lowest BCUT2D eigenvalue weighted by Crippen LogP contribution is -2.44. The number of pyridine rings is 1. The van der Waals surface area contributed by atoms with Crippen LogP contribution in [0.1, 0.15) is 37.4 Å². The maximum Gasteiger partial charge on any atom is 0.236 e. The zero-order valence-corrected chi connectivity index (χ0v) is 13.3. The molecule has 1 saturated carbocycles. The fourth-order valence-electron chi connectivity index (χ4n) is 3.37. The summed E-state index contributed by atoms with van der Waals surface area (Å²) in [6.45, 7) is 3.05. The zero-order chi connectivity index (χ0) is 15.6. The molecular weight excluding hydrogens is 290 g/mol. The molecule has 2 aliphatic rings. The molecule has 1 saturated heterocycles. The minimum Gasteiger partial charge on any atom is -0.341 e. The number of likely N-dealkylation sites (tertiary alicyclic amines) is 1. The van der Waals surface area contributed by atoms with Crippen molar-refractivity contribution in [3.8, 4) is 0 Å². The summed E-state index contributed by atoms with van der Waals surface area (Å²) in [4.78, 5) is 14.4. The second-order valence-corrected chi connectivity index (χ2v) is 6.74. The van der Waals surface area contributed by atoms with Crippen LogP contribution in [0.3, 0.4) is 0 Å². The molecule has 1 unspecified atom stereocenters. The Kier molecular flexibility index (Phi) is 3.99. The number of carbonyl (C=O) groups is 1. The molecule has 0 aromatic carbocycles. The van der Waals surface area contributed by atoms with E-state index in [1.807, 2.05) is 33.7 Å². The highest BCUT2D eigenvalue weighted by molar-refractivity contribution is 5.78. The van der Waals surface area contributed by atoms with Crippen LogP contribution < -0.4 is 5.32 Å². The molecule has 1 atom stereocenters. The van der Waals surface area contributed by atoms with Crippen LogP contribution in [-0.4, -0.2) is 51.6 Å². The average molecular weight is 313 g/mol. The zero-order valence-electron chi connectivity index (χ0n) is 13.3. The second-order valence-electron chi connectivity index (χ2n) is 6.74. The first kappa shape index (κ1) is 14.6. The first-order valence-corrected chi connectivity index (χ1v) is 8.59. The number of piperidine rings is 1. The molecular formula is C17H23N5O. The number of aromatic nitrogens is 3. The molecule has 0 bridgehead atoms. The Morgan fingerprint density at radius 2 is 2.17 bits per heavy atom. The molecule has 1 N–H and O–H groups in total. The van der Waals surface area contributed by atoms with Crippen LogP contribution in [0, 0.1) is 5.92 Å². The van der Waals surface area contributed by atoms with E-state index in [9.17, 15) is 4.79 Å². The minimum absolute atomic E-state index is 0.212. The minimum atomic E-state index is 0.212. The molecule has 6 heteroatoms. The normalized spacial score (nSPS) is 21.7. The van der Waals surface area contributed by atoms with E-state index in [1.165, 1.54) is 12.8 Å². The van der Waals surface area contributed by atoms with Crippen LogP contribution in [0.15, 0.2) is 24.4 Å². The topological polar surface area (TPSA) is 62.5 Å². The molecule has 0 spiro atoms. The Labute approximate surface area is 135 Å². The maximum absolute atomic E-state index is 12.4. The van der Waals surface area contributed by atoms with E-state index in [0.717, 1.165) is 49.9 Å². The van der Waals surface area contributed by atoms with Gasteiger partial charge >= 0.3 is 0 Å². The van der Waals surface area contributed by atoms with Crippen LogP contribution in [0.2, 0.25) is 0 Å². The van der Waals surface area contributed by atoms with Crippen LogP contribution >= 0.6 is 0 Å². The van der Waals surface area contributed by atoms with Gasteiger partial charge in [0.25, 0.3) is 0 Å². The molecule has 3 heterocycles. The van der Waals surface area contributed by atoms with E-state index < -0.39 is 0 Å². The van der Waals surface area contributed by atoms with Gasteiger partial charge < -0.3 is 10.2 Å². The van der Waals surface area contributed by atoms with Crippen LogP contribution in [0.5, 0.6) is 0 Å². The monoisotopic (exact) mass is 313 g/mol. The smallest absolute Gasteiger partial charge is 0.236 e. The molecule has 2 aromatic heterocycles. The lowest BCUT2D eigenvalue weighted by atomic mass is 9.97. The van der Waals surface area contributed by atoms with Gasteiger partial charge in [0, 0.05) is 25.2 Å². The summed E-state index contributed by atoms with van der Waals surface area (Å²) in [6.07, 6.45) is 6.72. The lowest BCUT2D eigenvalue weighted by Gasteiger charge is -2.32. The number of rotatable bonds is 5. The van der Waals surface area contributed by atoms with E-state index in [2.05, 4.69) is 15.5 Å². The molecule has 4 rings (SSSR count). The van der Waals surface area contributed by atoms with Crippen LogP contribution in [-0.2, 0) is 4.79 Å². The van der Waals surface area contributed by atoms with Crippen molar-refractivity contribution in [2.75, 3.05) is 26.2 Å². The quantitative estimate of drug-likeness (QED) is 0.907. The molecule has 0 radical (unpaired) electrons. The van der Waals surface area contributed by atoms with Gasteiger partial charge in [-0.05, 0) is 50.3 Å². The summed E-state index contributed by atoms with van der Waals surface area (Å²) in [5.74, 6) is 2.26. The molecule has 23 heavy (non-hydrogen) atoms. The molecule has 1 aliphatic heterocycles. The fraction of sp³-hybridized carbons (Fsp3) is 0.588. The summed E-state index contributed by atoms with van der Waals surface area (Å²) < 4.78 is 2.05. The molecule has 1 amide bonds. The van der Waals surface area contributed by atoms with Crippen molar-refractivity contribution in [3.63, 3.8) is 0 Å². The van der Waals surface area contributed by atoms with Gasteiger partial charge in [-0.1, -0.05) is 6.07 Å². The highest BCUT2D eigenvalue weighted by Crippen LogP contribution is 2.28. The number of carbonyl (C=O) groups excluding carboxylic acids is 1. The Hall–Kier alpha value is -1.95. The number of hydrogen-bond acceptors (Lipinski definition) is 4. The molecule has 122 valence electrons. The maximum atomic E-state index is 12.4. The van der Waals surface area contributed by atoms with Crippen molar-refractivity contribution in [3.05, 3.63) is 30.2 Å². The van der Waals surface area contributed by atoms with Gasteiger partial charge in [0.2, 0.25) is 5.91 Å². The van der Waals surface area contributed by atoms with Crippen molar-refractivity contribution in [2.45, 2.75) is 31.6 Å². The second kappa shape index (κ2) is 6.28. The van der Waals surface area contributed by atoms with Crippen molar-refractivity contribution >= 4 is 11.6 Å². The van der Waals surface area contributed by atoms with Gasteiger partial charge in [0.15, 0.2) is 5.65 Å². The Morgan fingerprint density at radius 1 is 1.26 bits per heavy atom. The Bertz CT molecular complexity index is 693.